The maximum Gasteiger partial charge on any atom is 0.245 e. The highest BCUT2D eigenvalue weighted by Crippen LogP contribution is 2.52. The summed E-state index contributed by atoms with van der Waals surface area (Å²) in [5.74, 6) is 0. The highest BCUT2D eigenvalue weighted by molar-refractivity contribution is 5.00. The first kappa shape index (κ1) is 6.93. The lowest BCUT2D eigenvalue weighted by atomic mass is 10.00. The van der Waals surface area contributed by atoms with Crippen molar-refractivity contribution in [3.05, 3.63) is 0 Å². The van der Waals surface area contributed by atoms with E-state index in [4.69, 9.17) is 5.73 Å². The third-order valence-electron chi connectivity index (χ3n) is 2.17. The third kappa shape index (κ3) is 0.936. The fraction of sp³-hybridized carbons (Fsp3) is 1.00. The Labute approximate surface area is 53.2 Å². The summed E-state index contributed by atoms with van der Waals surface area (Å²) in [6.45, 7) is 1.65. The topological polar surface area (TPSA) is 26.0 Å². The van der Waals surface area contributed by atoms with Gasteiger partial charge in [-0.2, -0.15) is 0 Å². The average molecular weight is 135 g/mol. The lowest BCUT2D eigenvalue weighted by Crippen LogP contribution is -2.33. The molecule has 0 radical (unpaired) electrons. The van der Waals surface area contributed by atoms with Crippen molar-refractivity contribution >= 4 is 0 Å². The number of rotatable bonds is 2. The van der Waals surface area contributed by atoms with Crippen LogP contribution in [-0.4, -0.2) is 12.5 Å². The van der Waals surface area contributed by atoms with E-state index in [1.165, 1.54) is 0 Å². The second kappa shape index (κ2) is 1.90. The zero-order valence-electron chi connectivity index (χ0n) is 5.40. The monoisotopic (exact) mass is 135 g/mol. The first-order valence-corrected chi connectivity index (χ1v) is 3.13. The summed E-state index contributed by atoms with van der Waals surface area (Å²) < 4.78 is 24.1. The number of nitrogens with two attached hydrogens (primary N) is 1. The molecule has 0 spiro atoms. The molecule has 1 rings (SSSR count). The minimum atomic E-state index is -2.22. The van der Waals surface area contributed by atoms with Crippen LogP contribution in [0, 0.1) is 5.41 Å². The van der Waals surface area contributed by atoms with Gasteiger partial charge in [-0.3, -0.25) is 0 Å². The van der Waals surface area contributed by atoms with Crippen molar-refractivity contribution in [2.24, 2.45) is 11.1 Å². The predicted octanol–water partition coefficient (Wildman–Crippen LogP) is 1.38. The summed E-state index contributed by atoms with van der Waals surface area (Å²) in [4.78, 5) is 0. The minimum Gasteiger partial charge on any atom is -0.327 e. The van der Waals surface area contributed by atoms with Crippen LogP contribution in [0.25, 0.3) is 0 Å². The standard InChI is InChI=1S/C6H11F2N/c1-4(9)6(2-3-6)5(7)8/h4-5H,2-3,9H2,1H3/t4-/m0/s1. The predicted molar refractivity (Wildman–Crippen MR) is 31.3 cm³/mol. The van der Waals surface area contributed by atoms with E-state index in [0.29, 0.717) is 12.8 Å². The van der Waals surface area contributed by atoms with Gasteiger partial charge in [-0.1, -0.05) is 0 Å². The van der Waals surface area contributed by atoms with E-state index in [-0.39, 0.29) is 6.04 Å². The maximum absolute atomic E-state index is 12.0. The van der Waals surface area contributed by atoms with Crippen LogP contribution in [0.5, 0.6) is 0 Å². The summed E-state index contributed by atoms with van der Waals surface area (Å²) in [5.41, 5.74) is 4.55. The first-order chi connectivity index (χ1) is 4.09. The van der Waals surface area contributed by atoms with Gasteiger partial charge in [0.2, 0.25) is 6.43 Å². The van der Waals surface area contributed by atoms with Crippen LogP contribution in [0.4, 0.5) is 8.78 Å². The summed E-state index contributed by atoms with van der Waals surface area (Å²) in [7, 11) is 0. The molecular formula is C6H11F2N. The Morgan fingerprint density at radius 3 is 1.89 bits per heavy atom. The summed E-state index contributed by atoms with van der Waals surface area (Å²) in [6, 6.07) is -0.350. The summed E-state index contributed by atoms with van der Waals surface area (Å²) in [6.07, 6.45) is -1.03. The van der Waals surface area contributed by atoms with Crippen LogP contribution in [-0.2, 0) is 0 Å². The smallest absolute Gasteiger partial charge is 0.245 e. The lowest BCUT2D eigenvalue weighted by Gasteiger charge is -2.17. The lowest BCUT2D eigenvalue weighted by molar-refractivity contribution is 0.0495. The van der Waals surface area contributed by atoms with Gasteiger partial charge in [0.15, 0.2) is 0 Å². The van der Waals surface area contributed by atoms with Crippen LogP contribution in [0.3, 0.4) is 0 Å². The van der Waals surface area contributed by atoms with Gasteiger partial charge in [-0.05, 0) is 19.8 Å². The zero-order valence-corrected chi connectivity index (χ0v) is 5.40. The van der Waals surface area contributed by atoms with Gasteiger partial charge in [-0.25, -0.2) is 8.78 Å². The Hall–Kier alpha value is -0.180. The van der Waals surface area contributed by atoms with Crippen molar-refractivity contribution in [1.82, 2.24) is 0 Å². The Balaban J connectivity index is 2.52. The Bertz CT molecular complexity index is 97.6. The summed E-state index contributed by atoms with van der Waals surface area (Å²) in [5, 5.41) is 0. The molecule has 2 N–H and O–H groups in total. The highest BCUT2D eigenvalue weighted by atomic mass is 19.3. The molecule has 1 nitrogen and oxygen atoms in total. The molecule has 0 amide bonds. The second-order valence-electron chi connectivity index (χ2n) is 2.82. The van der Waals surface area contributed by atoms with Crippen molar-refractivity contribution in [2.75, 3.05) is 0 Å². The normalized spacial score (nSPS) is 26.3. The molecule has 0 heterocycles. The van der Waals surface area contributed by atoms with E-state index in [2.05, 4.69) is 0 Å². The molecule has 1 atom stereocenters. The van der Waals surface area contributed by atoms with E-state index in [0.717, 1.165) is 0 Å². The minimum absolute atomic E-state index is 0.350. The van der Waals surface area contributed by atoms with Crippen LogP contribution in [0.1, 0.15) is 19.8 Å². The van der Waals surface area contributed by atoms with Crippen LogP contribution in [0.2, 0.25) is 0 Å². The molecule has 1 saturated carbocycles. The Morgan fingerprint density at radius 2 is 1.89 bits per heavy atom. The van der Waals surface area contributed by atoms with Gasteiger partial charge in [-0.15, -0.1) is 0 Å². The SMILES string of the molecule is C[C@H](N)C1(C(F)F)CC1. The molecule has 1 aliphatic carbocycles. The second-order valence-corrected chi connectivity index (χ2v) is 2.82. The number of alkyl halides is 2. The molecule has 0 aromatic carbocycles. The van der Waals surface area contributed by atoms with Gasteiger partial charge >= 0.3 is 0 Å². The van der Waals surface area contributed by atoms with Crippen molar-refractivity contribution in [3.8, 4) is 0 Å². The molecular weight excluding hydrogens is 124 g/mol. The van der Waals surface area contributed by atoms with Gasteiger partial charge in [0, 0.05) is 11.5 Å². The van der Waals surface area contributed by atoms with Gasteiger partial charge in [0.05, 0.1) is 0 Å². The molecule has 1 fully saturated rings. The fourth-order valence-electron chi connectivity index (χ4n) is 1.02. The molecule has 0 aromatic heterocycles. The molecule has 1 aliphatic rings. The number of hydrogen-bond acceptors (Lipinski definition) is 1. The van der Waals surface area contributed by atoms with E-state index in [1.807, 2.05) is 0 Å². The molecule has 0 bridgehead atoms. The van der Waals surface area contributed by atoms with E-state index in [1.54, 1.807) is 6.92 Å². The first-order valence-electron chi connectivity index (χ1n) is 3.13. The fourth-order valence-corrected chi connectivity index (χ4v) is 1.02. The molecule has 0 unspecified atom stereocenters. The summed E-state index contributed by atoms with van der Waals surface area (Å²) >= 11 is 0. The maximum atomic E-state index is 12.0. The number of halogens is 2. The molecule has 0 saturated heterocycles. The van der Waals surface area contributed by atoms with E-state index >= 15 is 0 Å². The van der Waals surface area contributed by atoms with E-state index < -0.39 is 11.8 Å². The van der Waals surface area contributed by atoms with E-state index in [9.17, 15) is 8.78 Å². The van der Waals surface area contributed by atoms with Gasteiger partial charge in [0.1, 0.15) is 0 Å². The van der Waals surface area contributed by atoms with Crippen molar-refractivity contribution < 1.29 is 8.78 Å². The van der Waals surface area contributed by atoms with Crippen molar-refractivity contribution in [1.29, 1.82) is 0 Å². The number of hydrogen-bond donors (Lipinski definition) is 1. The zero-order chi connectivity index (χ0) is 7.07. The third-order valence-corrected chi connectivity index (χ3v) is 2.17. The molecule has 0 aromatic rings. The molecule has 54 valence electrons. The van der Waals surface area contributed by atoms with Crippen molar-refractivity contribution in [3.63, 3.8) is 0 Å². The molecule has 3 heteroatoms. The molecule has 9 heavy (non-hydrogen) atoms. The Morgan fingerprint density at radius 1 is 1.44 bits per heavy atom. The largest absolute Gasteiger partial charge is 0.327 e. The van der Waals surface area contributed by atoms with Crippen LogP contribution < -0.4 is 5.73 Å². The van der Waals surface area contributed by atoms with Gasteiger partial charge in [0.25, 0.3) is 0 Å². The van der Waals surface area contributed by atoms with Crippen molar-refractivity contribution in [2.45, 2.75) is 32.2 Å². The van der Waals surface area contributed by atoms with Gasteiger partial charge < -0.3 is 5.73 Å². The van der Waals surface area contributed by atoms with Crippen LogP contribution >= 0.6 is 0 Å². The quantitative estimate of drug-likeness (QED) is 0.608. The Kier molecular flexibility index (Phi) is 1.47. The van der Waals surface area contributed by atoms with Crippen LogP contribution in [0.15, 0.2) is 0 Å². The highest BCUT2D eigenvalue weighted by Gasteiger charge is 2.53. The average Bonchev–Trinajstić information content (AvgIpc) is 2.40. The molecule has 0 aliphatic heterocycles.